The second kappa shape index (κ2) is 28.3. The summed E-state index contributed by atoms with van der Waals surface area (Å²) in [6, 6.07) is 0. The summed E-state index contributed by atoms with van der Waals surface area (Å²) in [5.41, 5.74) is 5.32. The molecule has 0 fully saturated rings. The minimum atomic E-state index is -4.77. The van der Waals surface area contributed by atoms with Crippen LogP contribution in [0.25, 0.3) is 0 Å². The van der Waals surface area contributed by atoms with Crippen LogP contribution in [0.4, 0.5) is 0 Å². The van der Waals surface area contributed by atoms with Crippen LogP contribution in [0.3, 0.4) is 0 Å². The van der Waals surface area contributed by atoms with Crippen LogP contribution in [0.1, 0.15) is 25.7 Å². The van der Waals surface area contributed by atoms with Crippen molar-refractivity contribution < 1.29 is 234 Å². The molecule has 0 bridgehead atoms. The number of unbranched alkanes of at least 4 members (excludes halogenated alkanes) is 2. The minimum absolute atomic E-state index is 0. The Kier molecular flexibility index (Phi) is 45.1. The smallest absolute Gasteiger partial charge is 0.811 e. The zero-order chi connectivity index (χ0) is 18.5. The summed E-state index contributed by atoms with van der Waals surface area (Å²) in [5.74, 6) is -1.18. The maximum Gasteiger partial charge on any atom is 1.00 e. The fraction of sp³-hybridized carbons (Fsp3) is 1.00. The first-order chi connectivity index (χ1) is 11.2. The molecule has 0 aromatic carbocycles. The van der Waals surface area contributed by atoms with Crippen molar-refractivity contribution in [3.8, 4) is 0 Å². The van der Waals surface area contributed by atoms with Gasteiger partial charge < -0.3 is 50.4 Å². The average Bonchev–Trinajstić information content (AvgIpc) is 2.45. The van der Waals surface area contributed by atoms with Crippen LogP contribution in [-0.4, -0.2) is 51.2 Å². The number of nitrogens with one attached hydrogen (secondary N) is 3. The summed E-state index contributed by atoms with van der Waals surface area (Å²) in [7, 11) is -9.28. The van der Waals surface area contributed by atoms with Gasteiger partial charge in [0.05, 0.1) is 0 Å². The standard InChI is InChI=1S/C12H32N4O6P2.4K/c13-5-6-14-7-8-15-9-10-16-12(24(20,21)22)4-2-1-3-11-23(17,18)19;;;;/h12,14-16H,1-11,13H2,(H2,17,18,19)(H2,20,21,22);;;;/q;4*+1/p-4. The van der Waals surface area contributed by atoms with Crippen LogP contribution < -0.4 is 247 Å². The Balaban J connectivity index is -0.000000441. The first kappa shape index (κ1) is 44.7. The summed E-state index contributed by atoms with van der Waals surface area (Å²) < 4.78 is 21.7. The third-order valence-electron chi connectivity index (χ3n) is 3.27. The maximum atomic E-state index is 11.2. The van der Waals surface area contributed by atoms with Gasteiger partial charge in [0, 0.05) is 45.1 Å². The van der Waals surface area contributed by atoms with Crippen LogP contribution in [0, 0.1) is 0 Å². The first-order valence-electron chi connectivity index (χ1n) is 8.04. The van der Waals surface area contributed by atoms with Crippen molar-refractivity contribution in [1.82, 2.24) is 16.0 Å². The number of hydrogen-bond donors (Lipinski definition) is 4. The summed E-state index contributed by atoms with van der Waals surface area (Å²) in [5, 5.41) is 8.88. The zero-order valence-electron chi connectivity index (χ0n) is 17.8. The molecule has 5 N–H and O–H groups in total. The van der Waals surface area contributed by atoms with Gasteiger partial charge >= 0.3 is 206 Å². The molecule has 0 radical (unpaired) electrons. The van der Waals surface area contributed by atoms with E-state index in [1.807, 2.05) is 0 Å². The summed E-state index contributed by atoms with van der Waals surface area (Å²) >= 11 is 0. The van der Waals surface area contributed by atoms with Crippen molar-refractivity contribution >= 4 is 15.2 Å². The molecule has 0 rings (SSSR count). The Morgan fingerprint density at radius 1 is 0.750 bits per heavy atom. The predicted molar refractivity (Wildman–Crippen MR) is 85.1 cm³/mol. The van der Waals surface area contributed by atoms with Crippen molar-refractivity contribution in [3.05, 3.63) is 0 Å². The molecule has 0 aliphatic rings. The topological polar surface area (TPSA) is 188 Å². The number of rotatable bonds is 16. The second-order valence-electron chi connectivity index (χ2n) is 5.48. The molecular formula is C12H28K4N4O6P2. The number of nitrogens with two attached hydrogens (primary N) is 1. The molecule has 0 spiro atoms. The summed E-state index contributed by atoms with van der Waals surface area (Å²) in [4.78, 5) is 43.4. The monoisotopic (exact) mass is 542 g/mol. The van der Waals surface area contributed by atoms with Gasteiger partial charge in [0.1, 0.15) is 0 Å². The Bertz CT molecular complexity index is 420. The van der Waals surface area contributed by atoms with E-state index in [2.05, 4.69) is 16.0 Å². The molecule has 16 heteroatoms. The van der Waals surface area contributed by atoms with E-state index in [4.69, 9.17) is 5.73 Å². The van der Waals surface area contributed by atoms with E-state index in [0.29, 0.717) is 39.0 Å². The van der Waals surface area contributed by atoms with Crippen LogP contribution in [0.15, 0.2) is 0 Å². The van der Waals surface area contributed by atoms with Crippen LogP contribution >= 0.6 is 15.2 Å². The Morgan fingerprint density at radius 2 is 1.25 bits per heavy atom. The van der Waals surface area contributed by atoms with Gasteiger partial charge in [-0.2, -0.15) is 0 Å². The quantitative estimate of drug-likeness (QED) is 0.0828. The summed E-state index contributed by atoms with van der Waals surface area (Å²) in [6.07, 6.45) is 0.584. The van der Waals surface area contributed by atoms with E-state index in [1.54, 1.807) is 0 Å². The molecule has 1 unspecified atom stereocenters. The Hall–Kier alpha value is 6.69. The Labute approximate surface area is 339 Å². The third kappa shape index (κ3) is 32.7. The van der Waals surface area contributed by atoms with Gasteiger partial charge in [0.25, 0.3) is 0 Å². The van der Waals surface area contributed by atoms with Crippen molar-refractivity contribution in [3.63, 3.8) is 0 Å². The molecule has 0 amide bonds. The molecule has 0 aromatic rings. The van der Waals surface area contributed by atoms with Crippen molar-refractivity contribution in [1.29, 1.82) is 0 Å². The molecule has 28 heavy (non-hydrogen) atoms. The fourth-order valence-corrected chi connectivity index (χ4v) is 3.51. The molecule has 0 heterocycles. The van der Waals surface area contributed by atoms with Gasteiger partial charge in [-0.15, -0.1) is 0 Å². The SMILES string of the molecule is NCCNCCNCCNC(CCCCCP(=O)([O-])[O-])P(=O)([O-])[O-].[K+].[K+].[K+].[K+]. The molecule has 146 valence electrons. The van der Waals surface area contributed by atoms with Gasteiger partial charge in [0.2, 0.25) is 0 Å². The first-order valence-corrected chi connectivity index (χ1v) is 11.4. The molecule has 1 atom stereocenters. The van der Waals surface area contributed by atoms with E-state index < -0.39 is 27.1 Å². The molecule has 0 aromatic heterocycles. The largest absolute Gasteiger partial charge is 1.00 e. The number of hydrogen-bond acceptors (Lipinski definition) is 10. The van der Waals surface area contributed by atoms with E-state index in [-0.39, 0.29) is 218 Å². The molecule has 0 aliphatic heterocycles. The molecule has 10 nitrogen and oxygen atoms in total. The molecule has 0 saturated heterocycles. The average molecular weight is 543 g/mol. The molecule has 0 aliphatic carbocycles. The normalized spacial score (nSPS) is 12.0. The summed E-state index contributed by atoms with van der Waals surface area (Å²) in [6.45, 7) is 3.57. The van der Waals surface area contributed by atoms with Crippen molar-refractivity contribution in [2.45, 2.75) is 31.5 Å². The van der Waals surface area contributed by atoms with Crippen molar-refractivity contribution in [2.75, 3.05) is 45.4 Å². The van der Waals surface area contributed by atoms with Gasteiger partial charge in [-0.3, -0.25) is 0 Å². The third-order valence-corrected chi connectivity index (χ3v) is 5.34. The fourth-order valence-electron chi connectivity index (χ4n) is 2.05. The maximum absolute atomic E-state index is 11.2. The van der Waals surface area contributed by atoms with Gasteiger partial charge in [-0.05, 0) is 19.0 Å². The van der Waals surface area contributed by atoms with E-state index in [9.17, 15) is 28.7 Å². The van der Waals surface area contributed by atoms with Gasteiger partial charge in [0.15, 0.2) is 0 Å². The van der Waals surface area contributed by atoms with Crippen LogP contribution in [0.2, 0.25) is 0 Å². The van der Waals surface area contributed by atoms with Gasteiger partial charge in [-0.1, -0.05) is 28.0 Å². The predicted octanol–water partition coefficient (Wildman–Crippen LogP) is -15.6. The van der Waals surface area contributed by atoms with Crippen molar-refractivity contribution in [2.24, 2.45) is 5.73 Å². The van der Waals surface area contributed by atoms with E-state index >= 15 is 0 Å². The van der Waals surface area contributed by atoms with E-state index in [0.717, 1.165) is 13.1 Å². The molecular weight excluding hydrogens is 514 g/mol. The van der Waals surface area contributed by atoms with Crippen LogP contribution in [0.5, 0.6) is 0 Å². The Morgan fingerprint density at radius 3 is 1.71 bits per heavy atom. The zero-order valence-corrected chi connectivity index (χ0v) is 32.1. The van der Waals surface area contributed by atoms with Gasteiger partial charge in [-0.25, -0.2) is 0 Å². The second-order valence-corrected chi connectivity index (χ2v) is 8.85. The minimum Gasteiger partial charge on any atom is -0.811 e. The molecule has 0 saturated carbocycles. The van der Waals surface area contributed by atoms with E-state index in [1.165, 1.54) is 0 Å². The van der Waals surface area contributed by atoms with Crippen LogP contribution in [-0.2, 0) is 9.13 Å².